The Morgan fingerprint density at radius 1 is 1.11 bits per heavy atom. The summed E-state index contributed by atoms with van der Waals surface area (Å²) < 4.78 is 0.512. The van der Waals surface area contributed by atoms with Crippen LogP contribution in [0.1, 0.15) is 0 Å². The molecule has 0 radical (unpaired) electrons. The van der Waals surface area contributed by atoms with Gasteiger partial charge < -0.3 is 0 Å². The van der Waals surface area contributed by atoms with Gasteiger partial charge in [-0.05, 0) is 5.22 Å². The molecule has 0 heterocycles. The zero-order valence-corrected chi connectivity index (χ0v) is 6.79. The molecule has 0 aromatic carbocycles. The highest BCUT2D eigenvalue weighted by Gasteiger charge is 2.02. The van der Waals surface area contributed by atoms with Crippen LogP contribution in [0, 0.1) is 0 Å². The second-order valence-corrected chi connectivity index (χ2v) is 2.97. The summed E-state index contributed by atoms with van der Waals surface area (Å²) in [5, 5.41) is 9.44. The van der Waals surface area contributed by atoms with E-state index < -0.39 is 0 Å². The minimum Gasteiger partial charge on any atom is -0.280 e. The Kier molecular flexibility index (Phi) is 2.58. The van der Waals surface area contributed by atoms with Crippen molar-refractivity contribution in [3.63, 3.8) is 0 Å². The zero-order valence-electron chi connectivity index (χ0n) is 6.79. The summed E-state index contributed by atoms with van der Waals surface area (Å²) in [6.45, 7) is 0. The normalized spacial score (nSPS) is 12.6. The summed E-state index contributed by atoms with van der Waals surface area (Å²) >= 11 is 0. The second-order valence-electron chi connectivity index (χ2n) is 2.97. The predicted molar refractivity (Wildman–Crippen MR) is 36.6 cm³/mol. The molecule has 0 aliphatic rings. The highest BCUT2D eigenvalue weighted by Crippen LogP contribution is 1.92. The molecule has 0 aromatic heterocycles. The van der Waals surface area contributed by atoms with Gasteiger partial charge in [-0.3, -0.25) is 5.01 Å². The monoisotopic (exact) mass is 131 g/mol. The van der Waals surface area contributed by atoms with Gasteiger partial charge in [-0.2, -0.15) is 4.59 Å². The fraction of sp³-hybridized carbons (Fsp3) is 1.00. The van der Waals surface area contributed by atoms with Crippen LogP contribution in [0.5, 0.6) is 0 Å². The summed E-state index contributed by atoms with van der Waals surface area (Å²) in [7, 11) is 9.55. The molecule has 0 spiro atoms. The van der Waals surface area contributed by atoms with Crippen LogP contribution < -0.4 is 0 Å². The lowest BCUT2D eigenvalue weighted by molar-refractivity contribution is -0.883. The maximum Gasteiger partial charge on any atom is 0.0940 e. The fourth-order valence-electron chi connectivity index (χ4n) is 0.200. The smallest absolute Gasteiger partial charge is 0.0940 e. The Morgan fingerprint density at radius 3 is 1.67 bits per heavy atom. The lowest BCUT2D eigenvalue weighted by atomic mass is 10.9. The van der Waals surface area contributed by atoms with Gasteiger partial charge in [0, 0.05) is 19.3 Å². The van der Waals surface area contributed by atoms with Crippen LogP contribution in [-0.4, -0.2) is 44.8 Å². The zero-order chi connectivity index (χ0) is 7.49. The molecule has 0 amide bonds. The molecule has 9 heavy (non-hydrogen) atoms. The number of nitrogens with zero attached hydrogens (tertiary/aromatic N) is 4. The molecule has 0 fully saturated rings. The number of hydrogen-bond donors (Lipinski definition) is 0. The van der Waals surface area contributed by atoms with E-state index in [9.17, 15) is 0 Å². The molecule has 0 aromatic rings. The molecular formula is C5H15N4+. The first-order valence-electron chi connectivity index (χ1n) is 2.84. The second kappa shape index (κ2) is 2.77. The summed E-state index contributed by atoms with van der Waals surface area (Å²) in [6.07, 6.45) is 0. The Hall–Kier alpha value is -0.640. The van der Waals surface area contributed by atoms with E-state index in [4.69, 9.17) is 0 Å². The van der Waals surface area contributed by atoms with Crippen LogP contribution in [0.2, 0.25) is 0 Å². The molecular weight excluding hydrogens is 116 g/mol. The van der Waals surface area contributed by atoms with E-state index in [0.717, 1.165) is 0 Å². The maximum atomic E-state index is 3.94. The minimum absolute atomic E-state index is 0.512. The molecule has 0 bridgehead atoms. The SMILES string of the molecule is CN(C)N=N[N+](C)(C)C. The van der Waals surface area contributed by atoms with Gasteiger partial charge in [0.2, 0.25) is 0 Å². The van der Waals surface area contributed by atoms with E-state index >= 15 is 0 Å². The Balaban J connectivity index is 3.71. The first kappa shape index (κ1) is 8.36. The van der Waals surface area contributed by atoms with Crippen LogP contribution in [0.4, 0.5) is 0 Å². The van der Waals surface area contributed by atoms with E-state index in [1.807, 2.05) is 35.2 Å². The van der Waals surface area contributed by atoms with Crippen LogP contribution >= 0.6 is 0 Å². The lowest BCUT2D eigenvalue weighted by Crippen LogP contribution is -2.27. The topological polar surface area (TPSA) is 28.0 Å². The molecule has 0 rings (SSSR count). The molecule has 0 unspecified atom stereocenters. The van der Waals surface area contributed by atoms with E-state index in [1.54, 1.807) is 5.01 Å². The third-order valence-corrected chi connectivity index (χ3v) is 0.487. The number of quaternary nitrogens is 1. The molecule has 54 valence electrons. The third-order valence-electron chi connectivity index (χ3n) is 0.487. The van der Waals surface area contributed by atoms with Crippen molar-refractivity contribution in [2.24, 2.45) is 10.4 Å². The van der Waals surface area contributed by atoms with Crippen LogP contribution in [0.3, 0.4) is 0 Å². The van der Waals surface area contributed by atoms with Crippen molar-refractivity contribution < 1.29 is 4.59 Å². The molecule has 4 heteroatoms. The largest absolute Gasteiger partial charge is 0.280 e. The van der Waals surface area contributed by atoms with E-state index in [-0.39, 0.29) is 0 Å². The number of rotatable bonds is 2. The minimum atomic E-state index is 0.512. The average Bonchev–Trinajstić information content (AvgIpc) is 1.59. The lowest BCUT2D eigenvalue weighted by Gasteiger charge is -2.13. The van der Waals surface area contributed by atoms with Crippen LogP contribution in [0.25, 0.3) is 0 Å². The van der Waals surface area contributed by atoms with E-state index in [0.29, 0.717) is 4.59 Å². The van der Waals surface area contributed by atoms with Crippen LogP contribution in [0.15, 0.2) is 10.4 Å². The van der Waals surface area contributed by atoms with Crippen molar-refractivity contribution in [1.29, 1.82) is 0 Å². The molecule has 0 atom stereocenters. The predicted octanol–water partition coefficient (Wildman–Crippen LogP) is 0.536. The molecule has 0 aliphatic heterocycles. The molecule has 0 N–H and O–H groups in total. The molecule has 0 aliphatic carbocycles. The van der Waals surface area contributed by atoms with Crippen molar-refractivity contribution in [3.8, 4) is 0 Å². The van der Waals surface area contributed by atoms with E-state index in [2.05, 4.69) is 10.4 Å². The summed E-state index contributed by atoms with van der Waals surface area (Å²) in [4.78, 5) is 0. The Bertz CT molecular complexity index is 100. The van der Waals surface area contributed by atoms with Crippen LogP contribution in [-0.2, 0) is 0 Å². The third kappa shape index (κ3) is 7.36. The number of hydrogen-bond acceptors (Lipinski definition) is 2. The molecule has 0 saturated carbocycles. The first-order valence-corrected chi connectivity index (χ1v) is 2.84. The first-order chi connectivity index (χ1) is 3.92. The van der Waals surface area contributed by atoms with Crippen molar-refractivity contribution in [2.45, 2.75) is 0 Å². The van der Waals surface area contributed by atoms with Gasteiger partial charge in [-0.15, -0.1) is 0 Å². The summed E-state index contributed by atoms with van der Waals surface area (Å²) in [5.41, 5.74) is 0. The van der Waals surface area contributed by atoms with Gasteiger partial charge >= 0.3 is 0 Å². The van der Waals surface area contributed by atoms with Gasteiger partial charge in [-0.1, -0.05) is 0 Å². The molecule has 4 nitrogen and oxygen atoms in total. The molecule has 0 saturated heterocycles. The summed E-state index contributed by atoms with van der Waals surface area (Å²) in [6, 6.07) is 0. The highest BCUT2D eigenvalue weighted by atomic mass is 15.7. The Morgan fingerprint density at radius 2 is 1.56 bits per heavy atom. The van der Waals surface area contributed by atoms with E-state index in [1.165, 1.54) is 0 Å². The maximum absolute atomic E-state index is 3.94. The van der Waals surface area contributed by atoms with Crippen molar-refractivity contribution in [2.75, 3.05) is 35.2 Å². The van der Waals surface area contributed by atoms with Gasteiger partial charge in [0.15, 0.2) is 0 Å². The van der Waals surface area contributed by atoms with Crippen molar-refractivity contribution in [1.82, 2.24) is 5.01 Å². The quantitative estimate of drug-likeness (QED) is 0.305. The summed E-state index contributed by atoms with van der Waals surface area (Å²) in [5.74, 6) is 0. The van der Waals surface area contributed by atoms with Gasteiger partial charge in [0.05, 0.1) is 21.1 Å². The highest BCUT2D eigenvalue weighted by molar-refractivity contribution is 4.12. The van der Waals surface area contributed by atoms with Crippen molar-refractivity contribution in [3.05, 3.63) is 0 Å². The fourth-order valence-corrected chi connectivity index (χ4v) is 0.200. The van der Waals surface area contributed by atoms with Gasteiger partial charge in [0.1, 0.15) is 0 Å². The average molecular weight is 131 g/mol. The standard InChI is InChI=1S/C5H15N4/c1-8(2)6-7-9(3,4)5/h1-5H3/q+1. The Labute approximate surface area is 56.3 Å². The van der Waals surface area contributed by atoms with Gasteiger partial charge in [-0.25, -0.2) is 0 Å². The van der Waals surface area contributed by atoms with Gasteiger partial charge in [0.25, 0.3) is 0 Å². The van der Waals surface area contributed by atoms with Crippen molar-refractivity contribution >= 4 is 0 Å².